The number of carbonyl (C=O) groups is 3. The summed E-state index contributed by atoms with van der Waals surface area (Å²) in [4.78, 5) is 41.9. The van der Waals surface area contributed by atoms with Gasteiger partial charge in [0.25, 0.3) is 5.91 Å². The molecule has 2 amide bonds. The largest absolute Gasteiger partial charge is 0.508 e. The molecule has 0 radical (unpaired) electrons. The fourth-order valence-corrected chi connectivity index (χ4v) is 9.13. The number of phenolic OH excluding ortho intramolecular Hbond substituents is 1. The number of rotatable bonds is 16. The highest BCUT2D eigenvalue weighted by Crippen LogP contribution is 2.47. The van der Waals surface area contributed by atoms with E-state index in [9.17, 15) is 19.5 Å². The van der Waals surface area contributed by atoms with Crippen LogP contribution in [0.4, 0.5) is 0 Å². The Kier molecular flexibility index (Phi) is 13.4. The first-order valence-electron chi connectivity index (χ1n) is 21.3. The van der Waals surface area contributed by atoms with Gasteiger partial charge >= 0.3 is 5.97 Å². The Morgan fingerprint density at radius 3 is 2.47 bits per heavy atom. The van der Waals surface area contributed by atoms with Gasteiger partial charge in [-0.2, -0.15) is 0 Å². The number of likely N-dealkylation sites (tertiary alicyclic amines) is 1. The highest BCUT2D eigenvalue weighted by atomic mass is 16.6. The number of hydrogen-bond acceptors (Lipinski definition) is 8. The molecule has 2 heterocycles. The first-order chi connectivity index (χ1) is 28.4. The van der Waals surface area contributed by atoms with Gasteiger partial charge in [0.15, 0.2) is 0 Å². The molecule has 10 heteroatoms. The van der Waals surface area contributed by atoms with Crippen LogP contribution in [0.3, 0.4) is 0 Å². The van der Waals surface area contributed by atoms with Crippen molar-refractivity contribution in [3.63, 3.8) is 0 Å². The van der Waals surface area contributed by atoms with E-state index in [-0.39, 0.29) is 37.3 Å². The first kappa shape index (κ1) is 42.0. The summed E-state index contributed by atoms with van der Waals surface area (Å²) < 4.78 is 18.0. The molecule has 7 rings (SSSR count). The van der Waals surface area contributed by atoms with Gasteiger partial charge in [0.05, 0.1) is 19.3 Å². The van der Waals surface area contributed by atoms with Crippen LogP contribution in [0.5, 0.6) is 11.5 Å². The number of aromatic hydroxyl groups is 1. The third kappa shape index (κ3) is 10.7. The van der Waals surface area contributed by atoms with E-state index in [1.807, 2.05) is 30.3 Å². The molecule has 4 aromatic carbocycles. The number of hydrogen-bond donors (Lipinski definition) is 2. The number of esters is 1. The zero-order chi connectivity index (χ0) is 41.5. The summed E-state index contributed by atoms with van der Waals surface area (Å²) in [5, 5.41) is 10.2. The van der Waals surface area contributed by atoms with Crippen molar-refractivity contribution in [3.05, 3.63) is 130 Å². The highest BCUT2D eigenvalue weighted by Gasteiger charge is 2.36. The van der Waals surface area contributed by atoms with Crippen molar-refractivity contribution in [3.8, 4) is 11.5 Å². The number of phenols is 1. The molecular weight excluding hydrogens is 743 g/mol. The van der Waals surface area contributed by atoms with Crippen LogP contribution in [-0.4, -0.2) is 83.3 Å². The summed E-state index contributed by atoms with van der Waals surface area (Å²) in [5.41, 5.74) is 12.7. The lowest BCUT2D eigenvalue weighted by atomic mass is 9.69. The molecule has 0 saturated carbocycles. The summed E-state index contributed by atoms with van der Waals surface area (Å²) >= 11 is 0. The Hall–Kier alpha value is -5.19. The van der Waals surface area contributed by atoms with Crippen LogP contribution in [-0.2, 0) is 38.4 Å². The molecule has 312 valence electrons. The molecule has 3 N–H and O–H groups in total. The van der Waals surface area contributed by atoms with Crippen LogP contribution in [0.1, 0.15) is 115 Å². The molecule has 0 aromatic heterocycles. The zero-order valence-corrected chi connectivity index (χ0v) is 34.7. The van der Waals surface area contributed by atoms with Crippen molar-refractivity contribution in [1.29, 1.82) is 0 Å². The minimum absolute atomic E-state index is 0.00368. The predicted octanol–water partition coefficient (Wildman–Crippen LogP) is 7.68. The quantitative estimate of drug-likeness (QED) is 0.0872. The van der Waals surface area contributed by atoms with Crippen LogP contribution in [0.15, 0.2) is 91.0 Å². The van der Waals surface area contributed by atoms with E-state index in [2.05, 4.69) is 65.6 Å². The number of nitrogens with two attached hydrogens (primary N) is 1. The van der Waals surface area contributed by atoms with E-state index in [0.29, 0.717) is 36.9 Å². The predicted molar refractivity (Wildman–Crippen MR) is 228 cm³/mol. The standard InChI is InChI=1S/C49H59N3O7/c1-49(2,3)59-45(54)23-22-44(47(50)55)52-31-37-29-33(12-19-43(37)48(52)56)24-28-58-40-11-7-25-51(32-40)26-8-27-57-39-17-13-35(14-18-39)46-41(34-9-5-4-6-10-34)20-15-36-30-38(53)16-21-42(36)46/h4-6,9-10,12-14,16-19,21,29-30,40-41,44,46,53H,7-8,11,15,20,22-28,31-32H2,1-3H3,(H2,50,55)/t40?,41-,44+,46+/m1/s1. The zero-order valence-electron chi connectivity index (χ0n) is 34.7. The smallest absolute Gasteiger partial charge is 0.306 e. The molecule has 1 unspecified atom stereocenters. The molecule has 4 aromatic rings. The molecule has 59 heavy (non-hydrogen) atoms. The Morgan fingerprint density at radius 2 is 1.71 bits per heavy atom. The fourth-order valence-electron chi connectivity index (χ4n) is 9.13. The first-order valence-corrected chi connectivity index (χ1v) is 21.3. The van der Waals surface area contributed by atoms with Crippen LogP contribution in [0.25, 0.3) is 0 Å². The summed E-state index contributed by atoms with van der Waals surface area (Å²) in [6.45, 7) is 9.75. The van der Waals surface area contributed by atoms with Crippen molar-refractivity contribution >= 4 is 17.8 Å². The van der Waals surface area contributed by atoms with E-state index in [1.54, 1.807) is 20.8 Å². The highest BCUT2D eigenvalue weighted by molar-refractivity contribution is 6.01. The molecule has 1 saturated heterocycles. The van der Waals surface area contributed by atoms with Gasteiger partial charge in [-0.15, -0.1) is 0 Å². The number of piperidine rings is 1. The molecule has 0 bridgehead atoms. The van der Waals surface area contributed by atoms with Gasteiger partial charge < -0.3 is 34.9 Å². The minimum atomic E-state index is -0.890. The van der Waals surface area contributed by atoms with Gasteiger partial charge in [0.2, 0.25) is 5.91 Å². The van der Waals surface area contributed by atoms with Gasteiger partial charge in [-0.05, 0) is 142 Å². The van der Waals surface area contributed by atoms with Crippen molar-refractivity contribution in [1.82, 2.24) is 9.80 Å². The van der Waals surface area contributed by atoms with E-state index >= 15 is 0 Å². The second-order valence-electron chi connectivity index (χ2n) is 17.3. The average Bonchev–Trinajstić information content (AvgIpc) is 3.53. The average molecular weight is 802 g/mol. The summed E-state index contributed by atoms with van der Waals surface area (Å²) in [6.07, 6.45) is 6.02. The third-order valence-electron chi connectivity index (χ3n) is 11.9. The number of aryl methyl sites for hydroxylation is 1. The Bertz CT molecular complexity index is 2080. The van der Waals surface area contributed by atoms with Crippen LogP contribution in [0.2, 0.25) is 0 Å². The maximum Gasteiger partial charge on any atom is 0.306 e. The van der Waals surface area contributed by atoms with Gasteiger partial charge in [-0.25, -0.2) is 0 Å². The number of primary amides is 1. The Morgan fingerprint density at radius 1 is 0.915 bits per heavy atom. The monoisotopic (exact) mass is 801 g/mol. The van der Waals surface area contributed by atoms with Crippen LogP contribution in [0, 0.1) is 0 Å². The lowest BCUT2D eigenvalue weighted by Gasteiger charge is -2.35. The summed E-state index contributed by atoms with van der Waals surface area (Å²) in [5.74, 6) is 0.472. The summed E-state index contributed by atoms with van der Waals surface area (Å²) in [6, 6.07) is 30.1. The fraction of sp³-hybridized carbons (Fsp3) is 0.449. The molecule has 2 aliphatic heterocycles. The number of amides is 2. The maximum atomic E-state index is 13.3. The van der Waals surface area contributed by atoms with Gasteiger partial charge in [-0.1, -0.05) is 60.7 Å². The maximum absolute atomic E-state index is 13.3. The number of ether oxygens (including phenoxy) is 3. The van der Waals surface area contributed by atoms with Crippen molar-refractivity contribution in [2.75, 3.05) is 32.8 Å². The van der Waals surface area contributed by atoms with E-state index < -0.39 is 23.5 Å². The molecule has 1 fully saturated rings. The topological polar surface area (TPSA) is 132 Å². The van der Waals surface area contributed by atoms with E-state index in [4.69, 9.17) is 19.9 Å². The van der Waals surface area contributed by atoms with Gasteiger partial charge in [0.1, 0.15) is 23.1 Å². The molecule has 10 nitrogen and oxygen atoms in total. The third-order valence-corrected chi connectivity index (χ3v) is 11.9. The van der Waals surface area contributed by atoms with E-state index in [1.165, 1.54) is 27.2 Å². The second kappa shape index (κ2) is 18.8. The SMILES string of the molecule is CC(C)(C)OC(=O)CC[C@@H](C(N)=O)N1Cc2cc(CCOC3CCCN(CCCOc4ccc([C@@H]5c6ccc(O)cc6CC[C@@H]5c5ccccc5)cc4)C3)ccc2C1=O. The number of fused-ring (bicyclic) bond motifs is 2. The molecule has 0 spiro atoms. The van der Waals surface area contributed by atoms with Crippen molar-refractivity contribution < 1.29 is 33.7 Å². The minimum Gasteiger partial charge on any atom is -0.508 e. The lowest BCUT2D eigenvalue weighted by molar-refractivity contribution is -0.155. The van der Waals surface area contributed by atoms with Crippen LogP contribution >= 0.6 is 0 Å². The molecule has 1 aliphatic carbocycles. The van der Waals surface area contributed by atoms with Crippen molar-refractivity contribution in [2.45, 2.75) is 108 Å². The molecular formula is C49H59N3O7. The Labute approximate surface area is 348 Å². The lowest BCUT2D eigenvalue weighted by Crippen LogP contribution is -2.45. The normalized spacial score (nSPS) is 19.8. The number of carbonyl (C=O) groups excluding carboxylic acids is 3. The van der Waals surface area contributed by atoms with Gasteiger partial charge in [0, 0.05) is 37.5 Å². The number of nitrogens with zero attached hydrogens (tertiary/aromatic N) is 2. The summed E-state index contributed by atoms with van der Waals surface area (Å²) in [7, 11) is 0. The molecule has 3 aliphatic rings. The second-order valence-corrected chi connectivity index (χ2v) is 17.3. The van der Waals surface area contributed by atoms with Crippen LogP contribution < -0.4 is 10.5 Å². The van der Waals surface area contributed by atoms with E-state index in [0.717, 1.165) is 68.6 Å². The van der Waals surface area contributed by atoms with Gasteiger partial charge in [-0.3, -0.25) is 14.4 Å². The van der Waals surface area contributed by atoms with Crippen molar-refractivity contribution in [2.24, 2.45) is 5.73 Å². The number of benzene rings is 4. The molecule has 4 atom stereocenters. The Balaban J connectivity index is 0.848.